The zero-order valence-corrected chi connectivity index (χ0v) is 13.1. The van der Waals surface area contributed by atoms with Crippen LogP contribution in [0.25, 0.3) is 0 Å². The number of piperazine rings is 1. The molecule has 1 aliphatic rings. The minimum absolute atomic E-state index is 0.0106. The van der Waals surface area contributed by atoms with E-state index in [4.69, 9.17) is 0 Å². The average molecular weight is 288 g/mol. The Hall–Kier alpha value is -1.84. The van der Waals surface area contributed by atoms with E-state index in [2.05, 4.69) is 12.2 Å². The highest BCUT2D eigenvalue weighted by Crippen LogP contribution is 2.21. The van der Waals surface area contributed by atoms with Crippen molar-refractivity contribution in [3.05, 3.63) is 35.9 Å². The molecule has 0 aromatic heterocycles. The van der Waals surface area contributed by atoms with Crippen LogP contribution in [-0.4, -0.2) is 34.8 Å². The molecule has 1 aromatic rings. The van der Waals surface area contributed by atoms with Crippen LogP contribution in [-0.2, 0) is 16.0 Å². The first-order valence-corrected chi connectivity index (χ1v) is 7.62. The van der Waals surface area contributed by atoms with Crippen molar-refractivity contribution in [2.24, 2.45) is 0 Å². The molecular formula is C17H24N2O2. The second kappa shape index (κ2) is 6.29. The number of amides is 2. The zero-order valence-electron chi connectivity index (χ0n) is 13.1. The molecule has 0 radical (unpaired) electrons. The van der Waals surface area contributed by atoms with E-state index < -0.39 is 11.6 Å². The number of unbranched alkanes of at least 4 members (excludes halogenated alkanes) is 1. The monoisotopic (exact) mass is 288 g/mol. The van der Waals surface area contributed by atoms with Crippen LogP contribution in [0.2, 0.25) is 0 Å². The van der Waals surface area contributed by atoms with E-state index in [9.17, 15) is 9.59 Å². The Labute approximate surface area is 126 Å². The number of nitrogens with one attached hydrogen (secondary N) is 1. The molecule has 1 fully saturated rings. The van der Waals surface area contributed by atoms with Gasteiger partial charge >= 0.3 is 0 Å². The molecular weight excluding hydrogens is 264 g/mol. The fourth-order valence-electron chi connectivity index (χ4n) is 2.71. The zero-order chi connectivity index (χ0) is 15.5. The van der Waals surface area contributed by atoms with Crippen LogP contribution < -0.4 is 5.32 Å². The number of carbonyl (C=O) groups is 2. The van der Waals surface area contributed by atoms with Gasteiger partial charge in [-0.05, 0) is 25.8 Å². The lowest BCUT2D eigenvalue weighted by atomic mass is 9.93. The van der Waals surface area contributed by atoms with E-state index in [0.29, 0.717) is 13.0 Å². The molecule has 21 heavy (non-hydrogen) atoms. The van der Waals surface area contributed by atoms with Crippen molar-refractivity contribution in [1.82, 2.24) is 10.2 Å². The first-order valence-electron chi connectivity index (χ1n) is 7.62. The van der Waals surface area contributed by atoms with Gasteiger partial charge < -0.3 is 10.2 Å². The Kier molecular flexibility index (Phi) is 4.66. The molecule has 1 aromatic carbocycles. The van der Waals surface area contributed by atoms with Crippen LogP contribution >= 0.6 is 0 Å². The lowest BCUT2D eigenvalue weighted by Crippen LogP contribution is -2.68. The van der Waals surface area contributed by atoms with Crippen molar-refractivity contribution < 1.29 is 9.59 Å². The summed E-state index contributed by atoms with van der Waals surface area (Å²) < 4.78 is 0. The van der Waals surface area contributed by atoms with Crippen molar-refractivity contribution in [3.63, 3.8) is 0 Å². The van der Waals surface area contributed by atoms with Gasteiger partial charge in [-0.2, -0.15) is 0 Å². The molecule has 2 rings (SSSR count). The van der Waals surface area contributed by atoms with Gasteiger partial charge in [-0.3, -0.25) is 9.59 Å². The maximum absolute atomic E-state index is 12.6. The molecule has 0 aliphatic carbocycles. The number of hydrogen-bond acceptors (Lipinski definition) is 2. The fraction of sp³-hybridized carbons (Fsp3) is 0.529. The van der Waals surface area contributed by atoms with Crippen molar-refractivity contribution >= 4 is 11.8 Å². The maximum atomic E-state index is 12.6. The minimum Gasteiger partial charge on any atom is -0.340 e. The van der Waals surface area contributed by atoms with Crippen LogP contribution in [0.4, 0.5) is 0 Å². The standard InChI is InChI=1S/C17H24N2O2/c1-4-5-11-19-14(12-13-9-7-6-8-10-13)15(20)18-17(2,3)16(19)21/h6-10,14H,4-5,11-12H2,1-3H3,(H,18,20). The van der Waals surface area contributed by atoms with Gasteiger partial charge in [-0.15, -0.1) is 0 Å². The molecule has 1 heterocycles. The Morgan fingerprint density at radius 3 is 2.48 bits per heavy atom. The summed E-state index contributed by atoms with van der Waals surface area (Å²) >= 11 is 0. The molecule has 0 spiro atoms. The summed E-state index contributed by atoms with van der Waals surface area (Å²) in [6, 6.07) is 9.45. The Balaban J connectivity index is 2.22. The summed E-state index contributed by atoms with van der Waals surface area (Å²) in [5.41, 5.74) is 0.268. The molecule has 1 unspecified atom stereocenters. The quantitative estimate of drug-likeness (QED) is 0.902. The van der Waals surface area contributed by atoms with E-state index in [1.54, 1.807) is 18.7 Å². The number of carbonyl (C=O) groups excluding carboxylic acids is 2. The number of nitrogens with zero attached hydrogens (tertiary/aromatic N) is 1. The third-order valence-corrected chi connectivity index (χ3v) is 3.93. The van der Waals surface area contributed by atoms with Crippen molar-refractivity contribution in [2.45, 2.75) is 51.6 Å². The maximum Gasteiger partial charge on any atom is 0.248 e. The Morgan fingerprint density at radius 1 is 1.19 bits per heavy atom. The van der Waals surface area contributed by atoms with Crippen LogP contribution in [0.1, 0.15) is 39.2 Å². The topological polar surface area (TPSA) is 49.4 Å². The van der Waals surface area contributed by atoms with Gasteiger partial charge in [0.05, 0.1) is 0 Å². The highest BCUT2D eigenvalue weighted by Gasteiger charge is 2.44. The van der Waals surface area contributed by atoms with Crippen LogP contribution in [0, 0.1) is 0 Å². The second-order valence-electron chi connectivity index (χ2n) is 6.17. The SMILES string of the molecule is CCCCN1C(=O)C(C)(C)NC(=O)C1Cc1ccccc1. The first-order chi connectivity index (χ1) is 9.95. The summed E-state index contributed by atoms with van der Waals surface area (Å²) in [4.78, 5) is 26.8. The highest BCUT2D eigenvalue weighted by atomic mass is 16.2. The van der Waals surface area contributed by atoms with E-state index in [1.807, 2.05) is 30.3 Å². The van der Waals surface area contributed by atoms with Crippen molar-refractivity contribution in [2.75, 3.05) is 6.54 Å². The van der Waals surface area contributed by atoms with Crippen LogP contribution in [0.5, 0.6) is 0 Å². The number of benzene rings is 1. The molecule has 0 bridgehead atoms. The lowest BCUT2D eigenvalue weighted by Gasteiger charge is -2.43. The lowest BCUT2D eigenvalue weighted by molar-refractivity contribution is -0.153. The highest BCUT2D eigenvalue weighted by molar-refractivity contribution is 5.99. The molecule has 1 N–H and O–H groups in total. The molecule has 2 amide bonds. The normalized spacial score (nSPS) is 21.3. The van der Waals surface area contributed by atoms with Gasteiger partial charge in [-0.25, -0.2) is 0 Å². The third kappa shape index (κ3) is 3.43. The van der Waals surface area contributed by atoms with Crippen LogP contribution in [0.15, 0.2) is 30.3 Å². The van der Waals surface area contributed by atoms with Crippen molar-refractivity contribution in [3.8, 4) is 0 Å². The van der Waals surface area contributed by atoms with Gasteiger partial charge in [0.15, 0.2) is 0 Å². The molecule has 114 valence electrons. The average Bonchev–Trinajstić information content (AvgIpc) is 2.45. The van der Waals surface area contributed by atoms with E-state index in [0.717, 1.165) is 18.4 Å². The summed E-state index contributed by atoms with van der Waals surface area (Å²) in [6.45, 7) is 6.27. The van der Waals surface area contributed by atoms with Gasteiger partial charge in [0.25, 0.3) is 0 Å². The smallest absolute Gasteiger partial charge is 0.248 e. The third-order valence-electron chi connectivity index (χ3n) is 3.93. The Morgan fingerprint density at radius 2 is 1.86 bits per heavy atom. The Bertz CT molecular complexity index is 511. The predicted molar refractivity (Wildman–Crippen MR) is 82.8 cm³/mol. The van der Waals surface area contributed by atoms with E-state index >= 15 is 0 Å². The largest absolute Gasteiger partial charge is 0.340 e. The summed E-state index contributed by atoms with van der Waals surface area (Å²) in [5, 5.41) is 2.85. The summed E-state index contributed by atoms with van der Waals surface area (Å²) in [7, 11) is 0. The summed E-state index contributed by atoms with van der Waals surface area (Å²) in [5.74, 6) is -0.0453. The van der Waals surface area contributed by atoms with Gasteiger partial charge in [-0.1, -0.05) is 43.7 Å². The number of rotatable bonds is 5. The molecule has 4 nitrogen and oxygen atoms in total. The molecule has 4 heteroatoms. The predicted octanol–water partition coefficient (Wildman–Crippen LogP) is 2.13. The first kappa shape index (κ1) is 15.5. The molecule has 1 atom stereocenters. The van der Waals surface area contributed by atoms with Gasteiger partial charge in [0.2, 0.25) is 11.8 Å². The second-order valence-corrected chi connectivity index (χ2v) is 6.17. The van der Waals surface area contributed by atoms with E-state index in [1.165, 1.54) is 0 Å². The molecule has 1 aliphatic heterocycles. The molecule has 0 saturated carbocycles. The number of hydrogen-bond donors (Lipinski definition) is 1. The van der Waals surface area contributed by atoms with E-state index in [-0.39, 0.29) is 11.8 Å². The summed E-state index contributed by atoms with van der Waals surface area (Å²) in [6.07, 6.45) is 2.49. The molecule has 1 saturated heterocycles. The fourth-order valence-corrected chi connectivity index (χ4v) is 2.71. The van der Waals surface area contributed by atoms with Gasteiger partial charge in [0, 0.05) is 13.0 Å². The van der Waals surface area contributed by atoms with Gasteiger partial charge in [0.1, 0.15) is 11.6 Å². The van der Waals surface area contributed by atoms with Crippen LogP contribution in [0.3, 0.4) is 0 Å². The van der Waals surface area contributed by atoms with Crippen molar-refractivity contribution in [1.29, 1.82) is 0 Å². The minimum atomic E-state index is -0.808.